The van der Waals surface area contributed by atoms with Gasteiger partial charge in [0, 0.05) is 35.7 Å². The van der Waals surface area contributed by atoms with Gasteiger partial charge in [-0.3, -0.25) is 14.5 Å². The molecule has 1 amide bonds. The maximum Gasteiger partial charge on any atom is 0.232 e. The fraction of sp³-hybridized carbons (Fsp3) is 0.304. The maximum absolute atomic E-state index is 13.1. The first kappa shape index (κ1) is 18.3. The Labute approximate surface area is 164 Å². The number of rotatable bonds is 4. The lowest BCUT2D eigenvalue weighted by Crippen LogP contribution is -2.40. The van der Waals surface area contributed by atoms with Crippen molar-refractivity contribution in [1.82, 2.24) is 0 Å². The van der Waals surface area contributed by atoms with E-state index in [4.69, 9.17) is 9.47 Å². The first-order valence-electron chi connectivity index (χ1n) is 9.49. The highest BCUT2D eigenvalue weighted by Crippen LogP contribution is 2.43. The molecule has 1 aliphatic heterocycles. The van der Waals surface area contributed by atoms with Crippen LogP contribution in [0.2, 0.25) is 0 Å². The van der Waals surface area contributed by atoms with Crippen molar-refractivity contribution >= 4 is 17.4 Å². The number of methoxy groups -OCH3 is 2. The van der Waals surface area contributed by atoms with Gasteiger partial charge in [-0.1, -0.05) is 12.1 Å². The van der Waals surface area contributed by atoms with Crippen molar-refractivity contribution in [1.29, 1.82) is 0 Å². The SMILES string of the molecule is COc1ccc(C2CC(=O)N(c3ccc(OC)cc3)C3=C2C(=O)CCC3)cc1. The van der Waals surface area contributed by atoms with Crippen LogP contribution in [0.5, 0.6) is 11.5 Å². The lowest BCUT2D eigenvalue weighted by Gasteiger charge is -2.38. The van der Waals surface area contributed by atoms with E-state index in [0.29, 0.717) is 6.42 Å². The van der Waals surface area contributed by atoms with E-state index in [1.54, 1.807) is 19.1 Å². The molecule has 1 heterocycles. The van der Waals surface area contributed by atoms with Crippen molar-refractivity contribution in [3.05, 3.63) is 65.4 Å². The summed E-state index contributed by atoms with van der Waals surface area (Å²) >= 11 is 0. The van der Waals surface area contributed by atoms with Gasteiger partial charge in [-0.2, -0.15) is 0 Å². The minimum absolute atomic E-state index is 0.0134. The summed E-state index contributed by atoms with van der Waals surface area (Å²) < 4.78 is 10.5. The van der Waals surface area contributed by atoms with Crippen LogP contribution in [0.3, 0.4) is 0 Å². The Balaban J connectivity index is 1.79. The predicted octanol–water partition coefficient (Wildman–Crippen LogP) is 4.23. The molecule has 0 spiro atoms. The third-order valence-electron chi connectivity index (χ3n) is 5.52. The summed E-state index contributed by atoms with van der Waals surface area (Å²) in [6.07, 6.45) is 2.32. The van der Waals surface area contributed by atoms with Gasteiger partial charge in [0.15, 0.2) is 5.78 Å². The Bertz CT molecular complexity index is 928. The molecule has 1 unspecified atom stereocenters. The van der Waals surface area contributed by atoms with Crippen molar-refractivity contribution in [2.45, 2.75) is 31.6 Å². The van der Waals surface area contributed by atoms with Crippen LogP contribution in [0, 0.1) is 0 Å². The van der Waals surface area contributed by atoms with Crippen LogP contribution in [0.25, 0.3) is 0 Å². The Morgan fingerprint density at radius 3 is 2.07 bits per heavy atom. The molecule has 1 aliphatic carbocycles. The van der Waals surface area contributed by atoms with Gasteiger partial charge in [-0.15, -0.1) is 0 Å². The number of allylic oxidation sites excluding steroid dienone is 2. The van der Waals surface area contributed by atoms with Gasteiger partial charge < -0.3 is 9.47 Å². The maximum atomic E-state index is 13.1. The highest BCUT2D eigenvalue weighted by Gasteiger charge is 2.39. The number of hydrogen-bond donors (Lipinski definition) is 0. The monoisotopic (exact) mass is 377 g/mol. The minimum atomic E-state index is -0.198. The first-order valence-corrected chi connectivity index (χ1v) is 9.49. The fourth-order valence-corrected chi connectivity index (χ4v) is 4.14. The lowest BCUT2D eigenvalue weighted by atomic mass is 9.77. The third kappa shape index (κ3) is 3.17. The van der Waals surface area contributed by atoms with E-state index in [-0.39, 0.29) is 24.0 Å². The minimum Gasteiger partial charge on any atom is -0.497 e. The van der Waals surface area contributed by atoms with E-state index in [2.05, 4.69) is 0 Å². The van der Waals surface area contributed by atoms with Gasteiger partial charge in [0.2, 0.25) is 5.91 Å². The summed E-state index contributed by atoms with van der Waals surface area (Å²) in [4.78, 5) is 27.7. The summed E-state index contributed by atoms with van der Waals surface area (Å²) in [5.41, 5.74) is 3.39. The van der Waals surface area contributed by atoms with Gasteiger partial charge in [-0.05, 0) is 54.8 Å². The molecule has 0 fully saturated rings. The molecular formula is C23H23NO4. The number of amides is 1. The zero-order chi connectivity index (χ0) is 19.7. The quantitative estimate of drug-likeness (QED) is 0.800. The van der Waals surface area contributed by atoms with Crippen molar-refractivity contribution in [2.75, 3.05) is 19.1 Å². The molecule has 4 rings (SSSR count). The van der Waals surface area contributed by atoms with Gasteiger partial charge >= 0.3 is 0 Å². The second-order valence-corrected chi connectivity index (χ2v) is 7.09. The molecule has 5 heteroatoms. The van der Waals surface area contributed by atoms with Gasteiger partial charge in [0.05, 0.1) is 14.2 Å². The van der Waals surface area contributed by atoms with E-state index < -0.39 is 0 Å². The number of benzene rings is 2. The van der Waals surface area contributed by atoms with Gasteiger partial charge in [0.1, 0.15) is 11.5 Å². The number of anilines is 1. The van der Waals surface area contributed by atoms with Crippen LogP contribution in [-0.4, -0.2) is 25.9 Å². The van der Waals surface area contributed by atoms with E-state index in [1.165, 1.54) is 0 Å². The third-order valence-corrected chi connectivity index (χ3v) is 5.52. The first-order chi connectivity index (χ1) is 13.6. The standard InChI is InChI=1S/C23H23NO4/c1-27-17-10-6-15(7-11-17)19-14-22(26)24(16-8-12-18(28-2)13-9-16)20-4-3-5-21(25)23(19)20/h6-13,19H,3-5,14H2,1-2H3. The van der Waals surface area contributed by atoms with Crippen LogP contribution in [0.15, 0.2) is 59.8 Å². The van der Waals surface area contributed by atoms with Gasteiger partial charge in [-0.25, -0.2) is 0 Å². The van der Waals surface area contributed by atoms with Crippen molar-refractivity contribution in [3.8, 4) is 11.5 Å². The number of ketones is 1. The Morgan fingerprint density at radius 2 is 1.46 bits per heavy atom. The number of Topliss-reactive ketones (excluding diaryl/α,β-unsaturated/α-hetero) is 1. The number of carbonyl (C=O) groups is 2. The topological polar surface area (TPSA) is 55.8 Å². The van der Waals surface area contributed by atoms with Crippen LogP contribution < -0.4 is 14.4 Å². The highest BCUT2D eigenvalue weighted by molar-refractivity contribution is 6.07. The molecule has 0 saturated heterocycles. The molecule has 28 heavy (non-hydrogen) atoms. The molecule has 5 nitrogen and oxygen atoms in total. The summed E-state index contributed by atoms with van der Waals surface area (Å²) in [6.45, 7) is 0. The van der Waals surface area contributed by atoms with E-state index in [1.807, 2.05) is 48.5 Å². The van der Waals surface area contributed by atoms with E-state index in [9.17, 15) is 9.59 Å². The summed E-state index contributed by atoms with van der Waals surface area (Å²) in [5.74, 6) is 1.45. The highest BCUT2D eigenvalue weighted by atomic mass is 16.5. The van der Waals surface area contributed by atoms with Crippen molar-refractivity contribution < 1.29 is 19.1 Å². The van der Waals surface area contributed by atoms with E-state index >= 15 is 0 Å². The Hall–Kier alpha value is -3.08. The summed E-state index contributed by atoms with van der Waals surface area (Å²) in [7, 11) is 3.23. The van der Waals surface area contributed by atoms with Crippen LogP contribution in [-0.2, 0) is 9.59 Å². The molecule has 0 saturated carbocycles. The van der Waals surface area contributed by atoms with Crippen molar-refractivity contribution in [3.63, 3.8) is 0 Å². The Morgan fingerprint density at radius 1 is 0.857 bits per heavy atom. The largest absolute Gasteiger partial charge is 0.497 e. The molecule has 2 aromatic rings. The normalized spacial score (nSPS) is 19.5. The molecule has 2 aromatic carbocycles. The number of ether oxygens (including phenoxy) is 2. The molecule has 144 valence electrons. The predicted molar refractivity (Wildman–Crippen MR) is 107 cm³/mol. The zero-order valence-corrected chi connectivity index (χ0v) is 16.1. The van der Waals surface area contributed by atoms with Crippen molar-refractivity contribution in [2.24, 2.45) is 0 Å². The van der Waals surface area contributed by atoms with Crippen LogP contribution >= 0.6 is 0 Å². The van der Waals surface area contributed by atoms with Gasteiger partial charge in [0.25, 0.3) is 0 Å². The number of nitrogens with zero attached hydrogens (tertiary/aromatic N) is 1. The molecule has 2 aliphatic rings. The number of carbonyl (C=O) groups excluding carboxylic acids is 2. The average molecular weight is 377 g/mol. The second kappa shape index (κ2) is 7.50. The molecule has 0 aromatic heterocycles. The number of hydrogen-bond acceptors (Lipinski definition) is 4. The second-order valence-electron chi connectivity index (χ2n) is 7.09. The molecule has 0 bridgehead atoms. The van der Waals surface area contributed by atoms with Crippen LogP contribution in [0.4, 0.5) is 5.69 Å². The molecule has 0 N–H and O–H groups in total. The molecule has 0 radical (unpaired) electrons. The summed E-state index contributed by atoms with van der Waals surface area (Å²) in [6, 6.07) is 15.1. The van der Waals surface area contributed by atoms with E-state index in [0.717, 1.165) is 46.9 Å². The van der Waals surface area contributed by atoms with Crippen LogP contribution in [0.1, 0.15) is 37.2 Å². The average Bonchev–Trinajstić information content (AvgIpc) is 2.73. The summed E-state index contributed by atoms with van der Waals surface area (Å²) in [5, 5.41) is 0. The molecular weight excluding hydrogens is 354 g/mol. The smallest absolute Gasteiger partial charge is 0.232 e. The lowest BCUT2D eigenvalue weighted by molar-refractivity contribution is -0.119. The zero-order valence-electron chi connectivity index (χ0n) is 16.1. The Kier molecular flexibility index (Phi) is 4.90. The fourth-order valence-electron chi connectivity index (χ4n) is 4.14. The molecule has 1 atom stereocenters.